The van der Waals surface area contributed by atoms with E-state index in [1.807, 2.05) is 52.9 Å². The van der Waals surface area contributed by atoms with Crippen LogP contribution in [0.4, 0.5) is 0 Å². The maximum Gasteiger partial charge on any atom is 0.378 e. The van der Waals surface area contributed by atoms with Gasteiger partial charge in [-0.2, -0.15) is 0 Å². The molecule has 1 aromatic carbocycles. The molecule has 2 rings (SSSR count). The SMILES string of the molecule is Cc1nc(C(=O)OCc2ccccc2)nnc1I. The van der Waals surface area contributed by atoms with Crippen LogP contribution >= 0.6 is 22.6 Å². The molecule has 0 spiro atoms. The number of nitrogens with zero attached hydrogens (tertiary/aromatic N) is 3. The van der Waals surface area contributed by atoms with Crippen LogP contribution in [0, 0.1) is 10.6 Å². The lowest BCUT2D eigenvalue weighted by atomic mass is 10.2. The van der Waals surface area contributed by atoms with Crippen LogP contribution in [-0.2, 0) is 11.3 Å². The highest BCUT2D eigenvalue weighted by molar-refractivity contribution is 14.1. The van der Waals surface area contributed by atoms with Gasteiger partial charge < -0.3 is 4.74 Å². The highest BCUT2D eigenvalue weighted by Gasteiger charge is 2.13. The van der Waals surface area contributed by atoms with Crippen LogP contribution in [0.15, 0.2) is 30.3 Å². The van der Waals surface area contributed by atoms with Gasteiger partial charge in [-0.05, 0) is 35.1 Å². The summed E-state index contributed by atoms with van der Waals surface area (Å²) >= 11 is 2.01. The fraction of sp³-hybridized carbons (Fsp3) is 0.167. The molecule has 5 nitrogen and oxygen atoms in total. The Morgan fingerprint density at radius 3 is 2.67 bits per heavy atom. The van der Waals surface area contributed by atoms with Gasteiger partial charge in [-0.15, -0.1) is 10.2 Å². The van der Waals surface area contributed by atoms with E-state index in [-0.39, 0.29) is 12.4 Å². The van der Waals surface area contributed by atoms with E-state index in [0.717, 1.165) is 5.56 Å². The molecule has 0 unspecified atom stereocenters. The number of rotatable bonds is 3. The minimum Gasteiger partial charge on any atom is -0.455 e. The van der Waals surface area contributed by atoms with Crippen LogP contribution < -0.4 is 0 Å². The molecule has 1 heterocycles. The number of esters is 1. The molecule has 0 saturated carbocycles. The maximum absolute atomic E-state index is 11.7. The molecule has 0 atom stereocenters. The first-order valence-corrected chi connectivity index (χ1v) is 6.32. The molecule has 1 aromatic heterocycles. The van der Waals surface area contributed by atoms with E-state index >= 15 is 0 Å². The first-order chi connectivity index (χ1) is 8.66. The van der Waals surface area contributed by atoms with E-state index < -0.39 is 5.97 Å². The number of carbonyl (C=O) groups excluding carboxylic acids is 1. The first-order valence-electron chi connectivity index (χ1n) is 5.24. The van der Waals surface area contributed by atoms with Crippen molar-refractivity contribution in [3.05, 3.63) is 51.1 Å². The summed E-state index contributed by atoms with van der Waals surface area (Å²) in [7, 11) is 0. The number of carbonyl (C=O) groups is 1. The van der Waals surface area contributed by atoms with Crippen molar-refractivity contribution in [3.8, 4) is 0 Å². The molecule has 2 aromatic rings. The molecule has 0 amide bonds. The lowest BCUT2D eigenvalue weighted by Crippen LogP contribution is -2.12. The fourth-order valence-corrected chi connectivity index (χ4v) is 1.49. The summed E-state index contributed by atoms with van der Waals surface area (Å²) in [6.07, 6.45) is 0. The Morgan fingerprint density at radius 1 is 1.28 bits per heavy atom. The highest BCUT2D eigenvalue weighted by atomic mass is 127. The van der Waals surface area contributed by atoms with E-state index in [0.29, 0.717) is 9.39 Å². The van der Waals surface area contributed by atoms with Crippen LogP contribution in [0.3, 0.4) is 0 Å². The molecule has 0 aliphatic heterocycles. The quantitative estimate of drug-likeness (QED) is 0.624. The van der Waals surface area contributed by atoms with Gasteiger partial charge in [0.05, 0.1) is 5.69 Å². The van der Waals surface area contributed by atoms with E-state index in [4.69, 9.17) is 4.74 Å². The molecule has 0 radical (unpaired) electrons. The maximum atomic E-state index is 11.7. The van der Waals surface area contributed by atoms with E-state index in [9.17, 15) is 4.79 Å². The number of hydrogen-bond donors (Lipinski definition) is 0. The average Bonchev–Trinajstić information content (AvgIpc) is 2.40. The molecule has 0 N–H and O–H groups in total. The molecule has 0 bridgehead atoms. The zero-order valence-corrected chi connectivity index (χ0v) is 11.8. The number of hydrogen-bond acceptors (Lipinski definition) is 5. The van der Waals surface area contributed by atoms with Gasteiger partial charge in [-0.25, -0.2) is 9.78 Å². The summed E-state index contributed by atoms with van der Waals surface area (Å²) < 4.78 is 5.78. The highest BCUT2D eigenvalue weighted by Crippen LogP contribution is 2.06. The summed E-state index contributed by atoms with van der Waals surface area (Å²) in [6, 6.07) is 9.44. The van der Waals surface area contributed by atoms with Gasteiger partial charge in [0.15, 0.2) is 0 Å². The van der Waals surface area contributed by atoms with Crippen molar-refractivity contribution < 1.29 is 9.53 Å². The lowest BCUT2D eigenvalue weighted by molar-refractivity contribution is 0.0456. The van der Waals surface area contributed by atoms with E-state index in [1.165, 1.54) is 0 Å². The fourth-order valence-electron chi connectivity index (χ4n) is 1.27. The number of ether oxygens (including phenoxy) is 1. The van der Waals surface area contributed by atoms with Gasteiger partial charge in [0, 0.05) is 0 Å². The molecule has 92 valence electrons. The Balaban J connectivity index is 2.02. The Labute approximate surface area is 118 Å². The third-order valence-corrected chi connectivity index (χ3v) is 3.20. The average molecular weight is 355 g/mol. The van der Waals surface area contributed by atoms with Crippen molar-refractivity contribution in [2.75, 3.05) is 0 Å². The van der Waals surface area contributed by atoms with Crippen molar-refractivity contribution in [2.45, 2.75) is 13.5 Å². The Hall–Kier alpha value is -1.57. The number of benzene rings is 1. The molecular weight excluding hydrogens is 345 g/mol. The smallest absolute Gasteiger partial charge is 0.378 e. The first kappa shape index (κ1) is 12.9. The summed E-state index contributed by atoms with van der Waals surface area (Å²) in [4.78, 5) is 15.7. The Morgan fingerprint density at radius 2 is 2.00 bits per heavy atom. The molecule has 0 saturated heterocycles. The third kappa shape index (κ3) is 3.22. The largest absolute Gasteiger partial charge is 0.455 e. The van der Waals surface area contributed by atoms with E-state index in [1.54, 1.807) is 6.92 Å². The minimum atomic E-state index is -0.564. The van der Waals surface area contributed by atoms with Crippen molar-refractivity contribution in [1.82, 2.24) is 15.2 Å². The van der Waals surface area contributed by atoms with Crippen LogP contribution in [-0.4, -0.2) is 21.2 Å². The van der Waals surface area contributed by atoms with Crippen LogP contribution in [0.2, 0.25) is 0 Å². The van der Waals surface area contributed by atoms with Crippen LogP contribution in [0.5, 0.6) is 0 Å². The van der Waals surface area contributed by atoms with Gasteiger partial charge in [0.1, 0.15) is 10.3 Å². The molecule has 0 aliphatic rings. The predicted octanol–water partition coefficient (Wildman–Crippen LogP) is 2.14. The lowest BCUT2D eigenvalue weighted by Gasteiger charge is -2.04. The number of halogens is 1. The third-order valence-electron chi connectivity index (χ3n) is 2.20. The summed E-state index contributed by atoms with van der Waals surface area (Å²) in [5.41, 5.74) is 1.58. The second-order valence-corrected chi connectivity index (χ2v) is 4.60. The zero-order valence-electron chi connectivity index (χ0n) is 9.63. The van der Waals surface area contributed by atoms with Gasteiger partial charge in [0.25, 0.3) is 5.82 Å². The van der Waals surface area contributed by atoms with Gasteiger partial charge in [-0.3, -0.25) is 0 Å². The minimum absolute atomic E-state index is 0.0103. The zero-order chi connectivity index (χ0) is 13.0. The molecular formula is C12H10IN3O2. The number of aryl methyl sites for hydroxylation is 1. The van der Waals surface area contributed by atoms with Gasteiger partial charge in [-0.1, -0.05) is 30.3 Å². The summed E-state index contributed by atoms with van der Waals surface area (Å²) in [6.45, 7) is 1.97. The topological polar surface area (TPSA) is 65.0 Å². The van der Waals surface area contributed by atoms with Crippen LogP contribution in [0.1, 0.15) is 21.9 Å². The van der Waals surface area contributed by atoms with E-state index in [2.05, 4.69) is 15.2 Å². The standard InChI is InChI=1S/C12H10IN3O2/c1-8-10(13)15-16-11(14-8)12(17)18-7-9-5-3-2-4-6-9/h2-6H,7H2,1H3. The summed E-state index contributed by atoms with van der Waals surface area (Å²) in [5.74, 6) is -0.574. The molecule has 6 heteroatoms. The molecule has 0 aliphatic carbocycles. The molecule has 18 heavy (non-hydrogen) atoms. The molecule has 0 fully saturated rings. The predicted molar refractivity (Wildman–Crippen MR) is 72.8 cm³/mol. The second kappa shape index (κ2) is 5.85. The van der Waals surface area contributed by atoms with Gasteiger partial charge >= 0.3 is 5.97 Å². The van der Waals surface area contributed by atoms with Crippen LogP contribution in [0.25, 0.3) is 0 Å². The van der Waals surface area contributed by atoms with Crippen molar-refractivity contribution in [3.63, 3.8) is 0 Å². The second-order valence-electron chi connectivity index (χ2n) is 3.57. The summed E-state index contributed by atoms with van der Waals surface area (Å²) in [5, 5.41) is 7.54. The Bertz CT molecular complexity index is 561. The number of aromatic nitrogens is 3. The van der Waals surface area contributed by atoms with Crippen molar-refractivity contribution >= 4 is 28.6 Å². The van der Waals surface area contributed by atoms with Crippen molar-refractivity contribution in [1.29, 1.82) is 0 Å². The van der Waals surface area contributed by atoms with Crippen molar-refractivity contribution in [2.24, 2.45) is 0 Å². The van der Waals surface area contributed by atoms with Gasteiger partial charge in [0.2, 0.25) is 0 Å². The Kier molecular flexibility index (Phi) is 4.19. The monoisotopic (exact) mass is 355 g/mol. The normalized spacial score (nSPS) is 10.1.